The van der Waals surface area contributed by atoms with Gasteiger partial charge in [0.25, 0.3) is 0 Å². The number of aromatic nitrogens is 2. The van der Waals surface area contributed by atoms with Crippen molar-refractivity contribution in [2.24, 2.45) is 0 Å². The zero-order valence-corrected chi connectivity index (χ0v) is 11.7. The van der Waals surface area contributed by atoms with Crippen molar-refractivity contribution in [2.45, 2.75) is 25.7 Å². The molecule has 1 N–H and O–H groups in total. The van der Waals surface area contributed by atoms with Crippen LogP contribution in [0.25, 0.3) is 11.5 Å². The minimum atomic E-state index is 0.524. The van der Waals surface area contributed by atoms with Gasteiger partial charge < -0.3 is 9.73 Å². The zero-order chi connectivity index (χ0) is 12.5. The summed E-state index contributed by atoms with van der Waals surface area (Å²) in [5.41, 5.74) is 0.833. The van der Waals surface area contributed by atoms with Gasteiger partial charge in [0.05, 0.1) is 10.7 Å². The molecule has 0 bridgehead atoms. The normalized spacial score (nSPS) is 14.8. The largest absolute Gasteiger partial charge is 0.461 e. The number of hydrogen-bond acceptors (Lipinski definition) is 4. The summed E-state index contributed by atoms with van der Waals surface area (Å²) in [6.45, 7) is 2.90. The van der Waals surface area contributed by atoms with Crippen molar-refractivity contribution in [3.63, 3.8) is 0 Å². The van der Waals surface area contributed by atoms with Crippen LogP contribution >= 0.6 is 15.9 Å². The van der Waals surface area contributed by atoms with Crippen LogP contribution in [0.1, 0.15) is 31.5 Å². The van der Waals surface area contributed by atoms with Gasteiger partial charge in [-0.15, -0.1) is 0 Å². The third-order valence-corrected chi connectivity index (χ3v) is 3.52. The van der Waals surface area contributed by atoms with Crippen LogP contribution in [0, 0.1) is 0 Å². The molecule has 4 nitrogen and oxygen atoms in total. The quantitative estimate of drug-likeness (QED) is 0.933. The fourth-order valence-corrected chi connectivity index (χ4v) is 2.26. The summed E-state index contributed by atoms with van der Waals surface area (Å²) in [5.74, 6) is 3.08. The number of rotatable bonds is 4. The first kappa shape index (κ1) is 11.7. The molecule has 1 aliphatic carbocycles. The Bertz CT molecular complexity index is 563. The smallest absolute Gasteiger partial charge is 0.166 e. The Morgan fingerprint density at radius 2 is 2.28 bits per heavy atom. The minimum absolute atomic E-state index is 0.524. The summed E-state index contributed by atoms with van der Waals surface area (Å²) in [7, 11) is 0. The first-order valence-electron chi connectivity index (χ1n) is 6.14. The van der Waals surface area contributed by atoms with Gasteiger partial charge in [0.1, 0.15) is 17.3 Å². The highest BCUT2D eigenvalue weighted by molar-refractivity contribution is 9.10. The van der Waals surface area contributed by atoms with Crippen molar-refractivity contribution in [2.75, 3.05) is 11.9 Å². The Morgan fingerprint density at radius 3 is 2.89 bits per heavy atom. The second-order valence-electron chi connectivity index (χ2n) is 4.40. The van der Waals surface area contributed by atoms with Crippen molar-refractivity contribution in [3.8, 4) is 11.5 Å². The molecule has 0 aliphatic heterocycles. The third-order valence-electron chi connectivity index (χ3n) is 2.89. The van der Waals surface area contributed by atoms with Gasteiger partial charge in [0, 0.05) is 18.5 Å². The van der Waals surface area contributed by atoms with E-state index in [0.29, 0.717) is 5.92 Å². The highest BCUT2D eigenvalue weighted by atomic mass is 79.9. The van der Waals surface area contributed by atoms with E-state index >= 15 is 0 Å². The highest BCUT2D eigenvalue weighted by Crippen LogP contribution is 2.39. The highest BCUT2D eigenvalue weighted by Gasteiger charge is 2.28. The second-order valence-corrected chi connectivity index (χ2v) is 5.25. The van der Waals surface area contributed by atoms with E-state index in [1.807, 2.05) is 12.1 Å². The predicted octanol–water partition coefficient (Wildman–Crippen LogP) is 3.81. The Kier molecular flexibility index (Phi) is 3.07. The van der Waals surface area contributed by atoms with Crippen molar-refractivity contribution < 1.29 is 4.42 Å². The van der Waals surface area contributed by atoms with Gasteiger partial charge in [-0.2, -0.15) is 0 Å². The van der Waals surface area contributed by atoms with Gasteiger partial charge in [-0.3, -0.25) is 0 Å². The molecule has 0 unspecified atom stereocenters. The second kappa shape index (κ2) is 4.72. The molecule has 2 heterocycles. The SMILES string of the molecule is CCNc1cc(-c2occc2Br)nc(C2CC2)n1. The average Bonchev–Trinajstić information content (AvgIpc) is 3.12. The summed E-state index contributed by atoms with van der Waals surface area (Å²) in [5, 5.41) is 3.24. The fraction of sp³-hybridized carbons (Fsp3) is 0.385. The molecule has 2 aromatic rings. The zero-order valence-electron chi connectivity index (χ0n) is 10.1. The number of nitrogens with zero attached hydrogens (tertiary/aromatic N) is 2. The molecule has 0 radical (unpaired) electrons. The average molecular weight is 308 g/mol. The maximum absolute atomic E-state index is 5.47. The van der Waals surface area contributed by atoms with Crippen LogP contribution in [-0.2, 0) is 0 Å². The Morgan fingerprint density at radius 1 is 1.44 bits per heavy atom. The molecule has 0 amide bonds. The standard InChI is InChI=1S/C13H14BrN3O/c1-2-15-11-7-10(12-9(14)5-6-18-12)16-13(17-11)8-3-4-8/h5-8H,2-4H2,1H3,(H,15,16,17). The molecule has 1 saturated carbocycles. The van der Waals surface area contributed by atoms with E-state index in [9.17, 15) is 0 Å². The first-order chi connectivity index (χ1) is 8.78. The molecule has 1 aliphatic rings. The van der Waals surface area contributed by atoms with E-state index in [1.54, 1.807) is 6.26 Å². The summed E-state index contributed by atoms with van der Waals surface area (Å²) in [6, 6.07) is 3.81. The van der Waals surface area contributed by atoms with E-state index < -0.39 is 0 Å². The molecule has 1 fully saturated rings. The van der Waals surface area contributed by atoms with E-state index in [2.05, 4.69) is 38.1 Å². The lowest BCUT2D eigenvalue weighted by molar-refractivity contribution is 0.578. The van der Waals surface area contributed by atoms with Crippen molar-refractivity contribution >= 4 is 21.7 Å². The topological polar surface area (TPSA) is 51.0 Å². The summed E-state index contributed by atoms with van der Waals surface area (Å²) >= 11 is 3.47. The van der Waals surface area contributed by atoms with Crippen LogP contribution < -0.4 is 5.32 Å². The molecular formula is C13H14BrN3O. The fourth-order valence-electron chi connectivity index (χ4n) is 1.85. The molecule has 3 rings (SSSR count). The summed E-state index contributed by atoms with van der Waals surface area (Å²) in [4.78, 5) is 9.15. The van der Waals surface area contributed by atoms with Crippen LogP contribution in [0.5, 0.6) is 0 Å². The van der Waals surface area contributed by atoms with Gasteiger partial charge in [-0.1, -0.05) is 0 Å². The predicted molar refractivity (Wildman–Crippen MR) is 73.6 cm³/mol. The van der Waals surface area contributed by atoms with Crippen LogP contribution in [0.3, 0.4) is 0 Å². The van der Waals surface area contributed by atoms with E-state index in [4.69, 9.17) is 4.42 Å². The Hall–Kier alpha value is -1.36. The van der Waals surface area contributed by atoms with Crippen LogP contribution in [0.2, 0.25) is 0 Å². The third kappa shape index (κ3) is 2.27. The number of furan rings is 1. The van der Waals surface area contributed by atoms with Gasteiger partial charge in [-0.25, -0.2) is 9.97 Å². The van der Waals surface area contributed by atoms with Crippen LogP contribution in [0.4, 0.5) is 5.82 Å². The lowest BCUT2D eigenvalue weighted by Crippen LogP contribution is -2.04. The number of halogens is 1. The molecule has 5 heteroatoms. The van der Waals surface area contributed by atoms with Gasteiger partial charge in [-0.05, 0) is 41.8 Å². The summed E-state index contributed by atoms with van der Waals surface area (Å²) < 4.78 is 6.40. The van der Waals surface area contributed by atoms with Gasteiger partial charge in [0.15, 0.2) is 5.76 Å². The van der Waals surface area contributed by atoms with Crippen molar-refractivity contribution in [3.05, 3.63) is 28.7 Å². The first-order valence-corrected chi connectivity index (χ1v) is 6.93. The van der Waals surface area contributed by atoms with Crippen molar-refractivity contribution in [1.82, 2.24) is 9.97 Å². The Balaban J connectivity index is 2.04. The monoisotopic (exact) mass is 307 g/mol. The molecule has 0 atom stereocenters. The van der Waals surface area contributed by atoms with E-state index in [0.717, 1.165) is 34.1 Å². The minimum Gasteiger partial charge on any atom is -0.461 e. The molecular weight excluding hydrogens is 294 g/mol. The number of nitrogens with one attached hydrogen (secondary N) is 1. The molecule has 0 aromatic carbocycles. The lowest BCUT2D eigenvalue weighted by atomic mass is 10.3. The molecule has 0 spiro atoms. The Labute approximate surface area is 114 Å². The van der Waals surface area contributed by atoms with E-state index in [-0.39, 0.29) is 0 Å². The number of anilines is 1. The maximum atomic E-state index is 5.47. The molecule has 2 aromatic heterocycles. The molecule has 18 heavy (non-hydrogen) atoms. The van der Waals surface area contributed by atoms with Gasteiger partial charge >= 0.3 is 0 Å². The summed E-state index contributed by atoms with van der Waals surface area (Å²) in [6.07, 6.45) is 4.04. The van der Waals surface area contributed by atoms with Crippen LogP contribution in [-0.4, -0.2) is 16.5 Å². The van der Waals surface area contributed by atoms with Crippen LogP contribution in [0.15, 0.2) is 27.3 Å². The maximum Gasteiger partial charge on any atom is 0.166 e. The molecule has 0 saturated heterocycles. The lowest BCUT2D eigenvalue weighted by Gasteiger charge is -2.07. The van der Waals surface area contributed by atoms with E-state index in [1.165, 1.54) is 12.8 Å². The molecule has 94 valence electrons. The number of hydrogen-bond donors (Lipinski definition) is 1. The van der Waals surface area contributed by atoms with Gasteiger partial charge in [0.2, 0.25) is 0 Å². The van der Waals surface area contributed by atoms with Crippen molar-refractivity contribution in [1.29, 1.82) is 0 Å².